The Morgan fingerprint density at radius 1 is 1.07 bits per heavy atom. The average Bonchev–Trinajstić information content (AvgIpc) is 2.69. The summed E-state index contributed by atoms with van der Waals surface area (Å²) in [6.45, 7) is 0. The maximum Gasteiger partial charge on any atom is 0.163 e. The van der Waals surface area contributed by atoms with E-state index in [1.807, 2.05) is 0 Å². The van der Waals surface area contributed by atoms with Crippen LogP contribution in [-0.2, 0) is 0 Å². The van der Waals surface area contributed by atoms with Gasteiger partial charge in [-0.1, -0.05) is 0 Å². The molecule has 78 valence electrons. The Labute approximate surface area is 90.6 Å². The van der Waals surface area contributed by atoms with Gasteiger partial charge in [0.25, 0.3) is 0 Å². The highest BCUT2D eigenvalue weighted by atomic mass is 32.1. The number of nitrogens with one attached hydrogen (secondary N) is 1. The highest BCUT2D eigenvalue weighted by molar-refractivity contribution is 7.80. The molecule has 3 aliphatic carbocycles. The standard InChI is InChI=1S/C11H18N2S/c12-11(14)13-8-4-9-6-1-2-7(3-6)10(9)5-8/h6-10H,1-5H2,(H3,12,13,14). The topological polar surface area (TPSA) is 38.0 Å². The maximum atomic E-state index is 5.53. The summed E-state index contributed by atoms with van der Waals surface area (Å²) in [7, 11) is 0. The van der Waals surface area contributed by atoms with E-state index in [2.05, 4.69) is 5.32 Å². The molecule has 0 amide bonds. The van der Waals surface area contributed by atoms with Gasteiger partial charge < -0.3 is 11.1 Å². The second kappa shape index (κ2) is 3.09. The zero-order chi connectivity index (χ0) is 9.71. The van der Waals surface area contributed by atoms with Gasteiger partial charge in [-0.3, -0.25) is 0 Å². The van der Waals surface area contributed by atoms with E-state index in [-0.39, 0.29) is 0 Å². The van der Waals surface area contributed by atoms with Crippen LogP contribution in [0.25, 0.3) is 0 Å². The van der Waals surface area contributed by atoms with E-state index in [4.69, 9.17) is 18.0 Å². The van der Waals surface area contributed by atoms with Gasteiger partial charge in [0.1, 0.15) is 0 Å². The Balaban J connectivity index is 1.68. The fraction of sp³-hybridized carbons (Fsp3) is 0.909. The lowest BCUT2D eigenvalue weighted by molar-refractivity contribution is 0.259. The Morgan fingerprint density at radius 2 is 1.64 bits per heavy atom. The van der Waals surface area contributed by atoms with Crippen molar-refractivity contribution in [1.29, 1.82) is 0 Å². The van der Waals surface area contributed by atoms with Gasteiger partial charge in [-0.15, -0.1) is 0 Å². The zero-order valence-corrected chi connectivity index (χ0v) is 9.22. The molecule has 3 heteroatoms. The monoisotopic (exact) mass is 210 g/mol. The summed E-state index contributed by atoms with van der Waals surface area (Å²) >= 11 is 4.90. The normalized spacial score (nSPS) is 49.3. The molecular weight excluding hydrogens is 192 g/mol. The molecule has 0 radical (unpaired) electrons. The molecule has 3 fully saturated rings. The SMILES string of the molecule is NC(=S)NC1CC2C3CCC(C3)C2C1. The van der Waals surface area contributed by atoms with Crippen molar-refractivity contribution in [3.63, 3.8) is 0 Å². The van der Waals surface area contributed by atoms with Crippen LogP contribution in [0, 0.1) is 23.7 Å². The van der Waals surface area contributed by atoms with E-state index < -0.39 is 0 Å². The molecule has 3 saturated carbocycles. The average molecular weight is 210 g/mol. The second-order valence-corrected chi connectivity index (χ2v) is 5.78. The van der Waals surface area contributed by atoms with Gasteiger partial charge in [0, 0.05) is 6.04 Å². The van der Waals surface area contributed by atoms with Gasteiger partial charge in [-0.25, -0.2) is 0 Å². The summed E-state index contributed by atoms with van der Waals surface area (Å²) in [5.41, 5.74) is 5.53. The van der Waals surface area contributed by atoms with Crippen LogP contribution in [0.15, 0.2) is 0 Å². The minimum Gasteiger partial charge on any atom is -0.376 e. The first-order valence-electron chi connectivity index (χ1n) is 5.80. The summed E-state index contributed by atoms with van der Waals surface area (Å²) in [6.07, 6.45) is 7.15. The number of hydrogen-bond donors (Lipinski definition) is 2. The molecule has 3 aliphatic rings. The number of hydrogen-bond acceptors (Lipinski definition) is 1. The molecule has 0 spiro atoms. The number of rotatable bonds is 1. The summed E-state index contributed by atoms with van der Waals surface area (Å²) in [5.74, 6) is 4.09. The fourth-order valence-electron chi connectivity index (χ4n) is 4.34. The summed E-state index contributed by atoms with van der Waals surface area (Å²) in [6, 6.07) is 0.589. The first-order chi connectivity index (χ1) is 6.74. The van der Waals surface area contributed by atoms with Gasteiger partial charge in [0.2, 0.25) is 0 Å². The van der Waals surface area contributed by atoms with Crippen LogP contribution in [0.4, 0.5) is 0 Å². The molecule has 4 atom stereocenters. The smallest absolute Gasteiger partial charge is 0.163 e. The Morgan fingerprint density at radius 3 is 2.14 bits per heavy atom. The molecule has 2 bridgehead atoms. The lowest BCUT2D eigenvalue weighted by Crippen LogP contribution is -2.37. The third kappa shape index (κ3) is 1.25. The molecule has 0 heterocycles. The van der Waals surface area contributed by atoms with Crippen LogP contribution in [-0.4, -0.2) is 11.2 Å². The minimum absolute atomic E-state index is 0.488. The summed E-state index contributed by atoms with van der Waals surface area (Å²) in [5, 5.41) is 3.74. The quantitative estimate of drug-likeness (QED) is 0.646. The zero-order valence-electron chi connectivity index (χ0n) is 8.41. The first kappa shape index (κ1) is 8.96. The van der Waals surface area contributed by atoms with Crippen molar-refractivity contribution >= 4 is 17.3 Å². The van der Waals surface area contributed by atoms with Crippen molar-refractivity contribution in [2.45, 2.75) is 38.1 Å². The molecule has 0 aromatic rings. The number of fused-ring (bicyclic) bond motifs is 5. The largest absolute Gasteiger partial charge is 0.376 e. The van der Waals surface area contributed by atoms with Crippen LogP contribution >= 0.6 is 12.2 Å². The third-order valence-corrected chi connectivity index (χ3v) is 4.85. The van der Waals surface area contributed by atoms with E-state index in [0.29, 0.717) is 11.2 Å². The van der Waals surface area contributed by atoms with Crippen molar-refractivity contribution < 1.29 is 0 Å². The molecule has 2 nitrogen and oxygen atoms in total. The Kier molecular flexibility index (Phi) is 1.98. The van der Waals surface area contributed by atoms with Gasteiger partial charge in [0.05, 0.1) is 0 Å². The van der Waals surface area contributed by atoms with Crippen molar-refractivity contribution in [3.8, 4) is 0 Å². The maximum absolute atomic E-state index is 5.53. The molecule has 4 unspecified atom stereocenters. The summed E-state index contributed by atoms with van der Waals surface area (Å²) in [4.78, 5) is 0. The van der Waals surface area contributed by atoms with E-state index in [1.165, 1.54) is 32.1 Å². The summed E-state index contributed by atoms with van der Waals surface area (Å²) < 4.78 is 0. The van der Waals surface area contributed by atoms with Crippen LogP contribution in [0.2, 0.25) is 0 Å². The van der Waals surface area contributed by atoms with Crippen LogP contribution in [0.3, 0.4) is 0 Å². The minimum atomic E-state index is 0.488. The van der Waals surface area contributed by atoms with E-state index in [0.717, 1.165) is 23.7 Å². The van der Waals surface area contributed by atoms with Crippen molar-refractivity contribution in [2.24, 2.45) is 29.4 Å². The van der Waals surface area contributed by atoms with Crippen LogP contribution < -0.4 is 11.1 Å². The molecule has 3 N–H and O–H groups in total. The molecule has 0 aliphatic heterocycles. The Hall–Kier alpha value is -0.310. The molecular formula is C11H18N2S. The first-order valence-corrected chi connectivity index (χ1v) is 6.21. The molecule has 0 saturated heterocycles. The van der Waals surface area contributed by atoms with E-state index in [9.17, 15) is 0 Å². The predicted molar refractivity (Wildman–Crippen MR) is 60.8 cm³/mol. The van der Waals surface area contributed by atoms with Crippen molar-refractivity contribution in [3.05, 3.63) is 0 Å². The second-order valence-electron chi connectivity index (χ2n) is 5.34. The molecule has 14 heavy (non-hydrogen) atoms. The van der Waals surface area contributed by atoms with Gasteiger partial charge in [0.15, 0.2) is 5.11 Å². The highest BCUT2D eigenvalue weighted by Gasteiger charge is 2.51. The van der Waals surface area contributed by atoms with E-state index in [1.54, 1.807) is 0 Å². The van der Waals surface area contributed by atoms with Crippen LogP contribution in [0.1, 0.15) is 32.1 Å². The van der Waals surface area contributed by atoms with Gasteiger partial charge >= 0.3 is 0 Å². The van der Waals surface area contributed by atoms with Gasteiger partial charge in [-0.2, -0.15) is 0 Å². The number of nitrogens with two attached hydrogens (primary N) is 1. The van der Waals surface area contributed by atoms with Gasteiger partial charge in [-0.05, 0) is 68.0 Å². The van der Waals surface area contributed by atoms with Crippen LogP contribution in [0.5, 0.6) is 0 Å². The highest BCUT2D eigenvalue weighted by Crippen LogP contribution is 2.58. The molecule has 0 aromatic carbocycles. The molecule has 3 rings (SSSR count). The third-order valence-electron chi connectivity index (χ3n) is 4.73. The fourth-order valence-corrected chi connectivity index (χ4v) is 4.50. The lowest BCUT2D eigenvalue weighted by Gasteiger charge is -2.23. The lowest BCUT2D eigenvalue weighted by atomic mass is 9.82. The predicted octanol–water partition coefficient (Wildman–Crippen LogP) is 1.64. The van der Waals surface area contributed by atoms with Crippen molar-refractivity contribution in [2.75, 3.05) is 0 Å². The van der Waals surface area contributed by atoms with E-state index >= 15 is 0 Å². The molecule has 0 aromatic heterocycles. The van der Waals surface area contributed by atoms with Crippen molar-refractivity contribution in [1.82, 2.24) is 5.32 Å². The number of thiocarbonyl (C=S) groups is 1. The Bertz CT molecular complexity index is 248.